The van der Waals surface area contributed by atoms with Crippen LogP contribution in [-0.2, 0) is 14.3 Å². The summed E-state index contributed by atoms with van der Waals surface area (Å²) in [7, 11) is 0. The summed E-state index contributed by atoms with van der Waals surface area (Å²) in [5.74, 6) is 1.29. The van der Waals surface area contributed by atoms with E-state index in [1.54, 1.807) is 0 Å². The van der Waals surface area contributed by atoms with Crippen molar-refractivity contribution in [2.24, 2.45) is 23.2 Å². The highest BCUT2D eigenvalue weighted by molar-refractivity contribution is 5.77. The highest BCUT2D eigenvalue weighted by atomic mass is 16.6. The summed E-state index contributed by atoms with van der Waals surface area (Å²) in [5, 5.41) is 9.99. The molecule has 4 aliphatic rings. The molecule has 4 fully saturated rings. The van der Waals surface area contributed by atoms with E-state index >= 15 is 0 Å². The van der Waals surface area contributed by atoms with Crippen LogP contribution in [0.5, 0.6) is 0 Å². The molecule has 136 valence electrons. The first-order valence-electron chi connectivity index (χ1n) is 9.51. The molecule has 6 heteroatoms. The third kappa shape index (κ3) is 2.77. The van der Waals surface area contributed by atoms with Gasteiger partial charge < -0.3 is 14.6 Å². The Bertz CT molecular complexity index is 481. The highest BCUT2D eigenvalue weighted by Gasteiger charge is 2.62. The van der Waals surface area contributed by atoms with E-state index in [1.807, 2.05) is 13.8 Å². The second kappa shape index (κ2) is 6.24. The van der Waals surface area contributed by atoms with E-state index in [0.717, 1.165) is 26.2 Å². The van der Waals surface area contributed by atoms with Gasteiger partial charge in [0.25, 0.3) is 0 Å². The van der Waals surface area contributed by atoms with Gasteiger partial charge in [0, 0.05) is 38.8 Å². The average Bonchev–Trinajstić information content (AvgIpc) is 2.91. The number of nitrogens with zero attached hydrogens (tertiary/aromatic N) is 2. The first-order chi connectivity index (χ1) is 11.6. The zero-order valence-corrected chi connectivity index (χ0v) is 14.8. The van der Waals surface area contributed by atoms with Crippen LogP contribution in [0.2, 0.25) is 0 Å². The first kappa shape index (κ1) is 16.8. The SMILES string of the molecule is CCOC(=O)C1[C@H]2CN(C3CC4(CCN(C(O)OCC)C4)C3)C[C@@H]12. The Kier molecular flexibility index (Phi) is 4.35. The molecule has 2 aliphatic heterocycles. The second-order valence-corrected chi connectivity index (χ2v) is 8.12. The predicted molar refractivity (Wildman–Crippen MR) is 88.0 cm³/mol. The number of carbonyl (C=O) groups excluding carboxylic acids is 1. The zero-order valence-electron chi connectivity index (χ0n) is 14.8. The Morgan fingerprint density at radius 1 is 1.25 bits per heavy atom. The molecule has 4 rings (SSSR count). The van der Waals surface area contributed by atoms with E-state index in [4.69, 9.17) is 9.47 Å². The van der Waals surface area contributed by atoms with Crippen LogP contribution in [0.4, 0.5) is 0 Å². The normalized spacial score (nSPS) is 42.8. The Morgan fingerprint density at radius 3 is 2.58 bits per heavy atom. The Balaban J connectivity index is 1.22. The summed E-state index contributed by atoms with van der Waals surface area (Å²) in [6.45, 7) is 8.86. The van der Waals surface area contributed by atoms with Crippen molar-refractivity contribution >= 4 is 5.97 Å². The summed E-state index contributed by atoms with van der Waals surface area (Å²) in [6.07, 6.45) is 2.88. The van der Waals surface area contributed by atoms with Crippen molar-refractivity contribution in [3.8, 4) is 0 Å². The lowest BCUT2D eigenvalue weighted by Gasteiger charge is -2.50. The van der Waals surface area contributed by atoms with Crippen LogP contribution in [0, 0.1) is 23.2 Å². The number of piperidine rings is 1. The molecule has 2 unspecified atom stereocenters. The van der Waals surface area contributed by atoms with Crippen molar-refractivity contribution in [1.82, 2.24) is 9.80 Å². The van der Waals surface area contributed by atoms with Gasteiger partial charge in [-0.25, -0.2) is 0 Å². The summed E-state index contributed by atoms with van der Waals surface area (Å²) in [5.41, 5.74) is 0.385. The number of carbonyl (C=O) groups is 1. The summed E-state index contributed by atoms with van der Waals surface area (Å²) >= 11 is 0. The maximum atomic E-state index is 11.9. The molecule has 6 nitrogen and oxygen atoms in total. The van der Waals surface area contributed by atoms with Gasteiger partial charge in [-0.3, -0.25) is 14.6 Å². The van der Waals surface area contributed by atoms with Crippen molar-refractivity contribution in [3.63, 3.8) is 0 Å². The number of likely N-dealkylation sites (tertiary alicyclic amines) is 2. The number of hydrogen-bond acceptors (Lipinski definition) is 6. The molecule has 0 aromatic carbocycles. The lowest BCUT2D eigenvalue weighted by atomic mass is 9.64. The Labute approximate surface area is 144 Å². The van der Waals surface area contributed by atoms with Gasteiger partial charge in [0.2, 0.25) is 6.41 Å². The Hall–Kier alpha value is -0.690. The van der Waals surface area contributed by atoms with E-state index in [0.29, 0.717) is 36.5 Å². The molecule has 1 N–H and O–H groups in total. The highest BCUT2D eigenvalue weighted by Crippen LogP contribution is 2.57. The first-order valence-corrected chi connectivity index (χ1v) is 9.51. The molecule has 2 heterocycles. The fraction of sp³-hybridized carbons (Fsp3) is 0.944. The van der Waals surface area contributed by atoms with Crippen LogP contribution in [0.3, 0.4) is 0 Å². The van der Waals surface area contributed by atoms with Crippen LogP contribution < -0.4 is 0 Å². The molecule has 0 radical (unpaired) electrons. The minimum Gasteiger partial charge on any atom is -0.466 e. The van der Waals surface area contributed by atoms with E-state index in [-0.39, 0.29) is 11.9 Å². The van der Waals surface area contributed by atoms with Crippen molar-refractivity contribution in [3.05, 3.63) is 0 Å². The average molecular weight is 338 g/mol. The molecule has 0 amide bonds. The van der Waals surface area contributed by atoms with Gasteiger partial charge in [-0.1, -0.05) is 0 Å². The van der Waals surface area contributed by atoms with Gasteiger partial charge in [-0.2, -0.15) is 0 Å². The standard InChI is InChI=1S/C18H30N2O4/c1-3-23-16(21)15-13-9-20(10-14(13)15)12-7-18(8-12)5-6-19(11-18)17(22)24-4-2/h12-15,17,22H,3-11H2,1-2H3/t12?,13-,14+,15?,17?,18?. The predicted octanol–water partition coefficient (Wildman–Crippen LogP) is 0.894. The summed E-state index contributed by atoms with van der Waals surface area (Å²) < 4.78 is 10.5. The topological polar surface area (TPSA) is 62.2 Å². The number of rotatable bonds is 6. The minimum absolute atomic E-state index is 0.0218. The van der Waals surface area contributed by atoms with Gasteiger partial charge in [0.1, 0.15) is 0 Å². The molecule has 1 spiro atoms. The molecule has 2 saturated heterocycles. The number of esters is 1. The fourth-order valence-electron chi connectivity index (χ4n) is 5.39. The minimum atomic E-state index is -0.738. The molecule has 2 aliphatic carbocycles. The van der Waals surface area contributed by atoms with Crippen LogP contribution >= 0.6 is 0 Å². The number of aliphatic hydroxyl groups excluding tert-OH is 1. The third-order valence-corrected chi connectivity index (χ3v) is 6.73. The van der Waals surface area contributed by atoms with E-state index < -0.39 is 6.41 Å². The van der Waals surface area contributed by atoms with Crippen molar-refractivity contribution in [2.45, 2.75) is 45.6 Å². The number of hydrogen-bond donors (Lipinski definition) is 1. The molecule has 0 aromatic heterocycles. The molecule has 0 aromatic rings. The maximum Gasteiger partial charge on any atom is 0.309 e. The molecule has 24 heavy (non-hydrogen) atoms. The lowest BCUT2D eigenvalue weighted by molar-refractivity contribution is -0.188. The van der Waals surface area contributed by atoms with Gasteiger partial charge in [-0.15, -0.1) is 0 Å². The lowest BCUT2D eigenvalue weighted by Crippen LogP contribution is -2.52. The number of fused-ring (bicyclic) bond motifs is 1. The third-order valence-electron chi connectivity index (χ3n) is 6.73. The maximum absolute atomic E-state index is 11.9. The Morgan fingerprint density at radius 2 is 1.96 bits per heavy atom. The van der Waals surface area contributed by atoms with Gasteiger partial charge >= 0.3 is 5.97 Å². The van der Waals surface area contributed by atoms with Crippen molar-refractivity contribution < 1.29 is 19.4 Å². The molecule has 2 saturated carbocycles. The second-order valence-electron chi connectivity index (χ2n) is 8.12. The van der Waals surface area contributed by atoms with Gasteiger partial charge in [0.15, 0.2) is 0 Å². The van der Waals surface area contributed by atoms with E-state index in [1.165, 1.54) is 19.3 Å². The van der Waals surface area contributed by atoms with Gasteiger partial charge in [-0.05, 0) is 50.4 Å². The number of ether oxygens (including phenoxy) is 2. The zero-order chi connectivity index (χ0) is 16.9. The summed E-state index contributed by atoms with van der Waals surface area (Å²) in [6, 6.07) is 0.671. The fourth-order valence-corrected chi connectivity index (χ4v) is 5.39. The quantitative estimate of drug-likeness (QED) is 0.573. The molecular weight excluding hydrogens is 308 g/mol. The number of aliphatic hydroxyl groups is 1. The van der Waals surface area contributed by atoms with E-state index in [2.05, 4.69) is 9.80 Å². The van der Waals surface area contributed by atoms with Crippen LogP contribution in [-0.4, -0.2) is 72.7 Å². The van der Waals surface area contributed by atoms with Crippen LogP contribution in [0.25, 0.3) is 0 Å². The van der Waals surface area contributed by atoms with E-state index in [9.17, 15) is 9.90 Å². The van der Waals surface area contributed by atoms with Crippen LogP contribution in [0.1, 0.15) is 33.1 Å². The molecule has 0 bridgehead atoms. The monoisotopic (exact) mass is 338 g/mol. The largest absolute Gasteiger partial charge is 0.466 e. The summed E-state index contributed by atoms with van der Waals surface area (Å²) in [4.78, 5) is 16.5. The van der Waals surface area contributed by atoms with Crippen molar-refractivity contribution in [2.75, 3.05) is 39.4 Å². The smallest absolute Gasteiger partial charge is 0.309 e. The molecular formula is C18H30N2O4. The van der Waals surface area contributed by atoms with Crippen molar-refractivity contribution in [1.29, 1.82) is 0 Å². The van der Waals surface area contributed by atoms with Gasteiger partial charge in [0.05, 0.1) is 12.5 Å². The molecule has 4 atom stereocenters. The van der Waals surface area contributed by atoms with Crippen LogP contribution in [0.15, 0.2) is 0 Å².